The molecule has 0 aromatic heterocycles. The predicted molar refractivity (Wildman–Crippen MR) is 289 cm³/mol. The summed E-state index contributed by atoms with van der Waals surface area (Å²) in [5, 5.41) is 10.1. The van der Waals surface area contributed by atoms with Crippen LogP contribution in [0, 0.1) is 0 Å². The lowest BCUT2D eigenvalue weighted by molar-refractivity contribution is 0.206. The molecule has 25 heteroatoms. The number of nitrogens with one attached hydrogen (secondary N) is 4. The van der Waals surface area contributed by atoms with Crippen LogP contribution in [0.3, 0.4) is 0 Å². The largest absolute Gasteiger partial charge is 0.347 e. The van der Waals surface area contributed by atoms with Gasteiger partial charge in [-0.05, 0) is 177 Å². The first-order valence-electron chi connectivity index (χ1n) is 20.3. The number of anilines is 6. The molecule has 0 aliphatic carbocycles. The van der Waals surface area contributed by atoms with Gasteiger partial charge in [-0.2, -0.15) is 9.98 Å². The molecule has 2 heterocycles. The highest BCUT2D eigenvalue weighted by Gasteiger charge is 2.51. The standard InChI is InChI=1S/C46H30Cl6N10O6S3/c47-25-1-13-31(14-2-25)53-41(63)57-37-39(61(43(65)55-33-17-5-27(49)6-18-33)45(67)59(37)35-21-9-29(51)10-22-35)69-71-70-40-38(58-42(64)54-32-15-3-26(48)4-16-32)60(36-23-11-30(52)12-24-36)46(68)62(40)44(66)56-34-19-7-28(50)8-20-34/h1-24,39-40H,(H,53,63)(H,54,64)(H,55,65)(H,56,66)/b57-37-,58-38-. The second-order valence-corrected chi connectivity index (χ2v) is 21.4. The molecule has 2 unspecified atom stereocenters. The summed E-state index contributed by atoms with van der Waals surface area (Å²) < 4.78 is 0. The van der Waals surface area contributed by atoms with E-state index in [9.17, 15) is 28.8 Å². The minimum absolute atomic E-state index is 0.189. The Morgan fingerprint density at radius 2 is 0.648 bits per heavy atom. The number of urea groups is 6. The Kier molecular flexibility index (Phi) is 16.6. The number of hydrogen-bond acceptors (Lipinski definition) is 9. The fourth-order valence-corrected chi connectivity index (χ4v) is 12.0. The molecule has 0 saturated carbocycles. The van der Waals surface area contributed by atoms with E-state index in [0.717, 1.165) is 51.0 Å². The van der Waals surface area contributed by atoms with Gasteiger partial charge in [0.25, 0.3) is 0 Å². The van der Waals surface area contributed by atoms with Crippen molar-refractivity contribution < 1.29 is 28.8 Å². The van der Waals surface area contributed by atoms with Crippen molar-refractivity contribution >= 4 is 183 Å². The minimum atomic E-state index is -1.42. The van der Waals surface area contributed by atoms with Crippen LogP contribution in [-0.2, 0) is 0 Å². The third-order valence-electron chi connectivity index (χ3n) is 9.85. The molecule has 2 aliphatic rings. The number of hydrogen-bond donors (Lipinski definition) is 4. The van der Waals surface area contributed by atoms with Crippen molar-refractivity contribution in [1.82, 2.24) is 9.80 Å². The quantitative estimate of drug-likeness (QED) is 0.0968. The average Bonchev–Trinajstić information content (AvgIpc) is 3.77. The first kappa shape index (κ1) is 51.2. The molecule has 71 heavy (non-hydrogen) atoms. The number of imide groups is 2. The van der Waals surface area contributed by atoms with Gasteiger partial charge in [0, 0.05) is 52.9 Å². The van der Waals surface area contributed by atoms with Crippen molar-refractivity contribution in [2.24, 2.45) is 9.98 Å². The molecular formula is C46H30Cl6N10O6S3. The van der Waals surface area contributed by atoms with Gasteiger partial charge in [0.05, 0.1) is 11.4 Å². The summed E-state index contributed by atoms with van der Waals surface area (Å²) >= 11 is 36.9. The van der Waals surface area contributed by atoms with Gasteiger partial charge in [-0.25, -0.2) is 48.4 Å². The number of aliphatic imine (C=N–C) groups is 2. The highest BCUT2D eigenvalue weighted by molar-refractivity contribution is 9.09. The summed E-state index contributed by atoms with van der Waals surface area (Å²) in [7, 11) is 2.58. The molecule has 0 bridgehead atoms. The van der Waals surface area contributed by atoms with E-state index >= 15 is 0 Å². The van der Waals surface area contributed by atoms with Gasteiger partial charge in [0.15, 0.2) is 22.4 Å². The lowest BCUT2D eigenvalue weighted by Gasteiger charge is -2.23. The van der Waals surface area contributed by atoms with Crippen molar-refractivity contribution in [3.8, 4) is 0 Å². The summed E-state index contributed by atoms with van der Waals surface area (Å²) in [6, 6.07) is 31.1. The van der Waals surface area contributed by atoms with Gasteiger partial charge in [-0.3, -0.25) is 0 Å². The fraction of sp³-hybridized carbons (Fsp3) is 0.0435. The van der Waals surface area contributed by atoms with E-state index in [1.165, 1.54) is 97.1 Å². The smallest absolute Gasteiger partial charge is 0.307 e. The summed E-state index contributed by atoms with van der Waals surface area (Å²) in [4.78, 5) is 98.4. The van der Waals surface area contributed by atoms with E-state index in [-0.39, 0.29) is 34.4 Å². The van der Waals surface area contributed by atoms with Crippen molar-refractivity contribution in [1.29, 1.82) is 0 Å². The Balaban J connectivity index is 1.20. The first-order chi connectivity index (χ1) is 34.1. The molecule has 2 fully saturated rings. The summed E-state index contributed by atoms with van der Waals surface area (Å²) in [6.45, 7) is 0. The zero-order valence-corrected chi connectivity index (χ0v) is 42.6. The number of amides is 12. The van der Waals surface area contributed by atoms with Crippen LogP contribution < -0.4 is 31.1 Å². The molecule has 6 aromatic carbocycles. The Morgan fingerprint density at radius 1 is 0.394 bits per heavy atom. The molecule has 16 nitrogen and oxygen atoms in total. The monoisotopic (exact) mass is 1120 g/mol. The number of benzene rings is 6. The molecule has 0 radical (unpaired) electrons. The highest BCUT2D eigenvalue weighted by Crippen LogP contribution is 2.48. The van der Waals surface area contributed by atoms with E-state index < -0.39 is 46.9 Å². The van der Waals surface area contributed by atoms with Crippen molar-refractivity contribution in [3.63, 3.8) is 0 Å². The molecular weight excluding hydrogens is 1100 g/mol. The van der Waals surface area contributed by atoms with Crippen molar-refractivity contribution in [2.75, 3.05) is 31.1 Å². The van der Waals surface area contributed by atoms with E-state index in [1.54, 1.807) is 48.5 Å². The summed E-state index contributed by atoms with van der Waals surface area (Å²) in [5.74, 6) is -0.459. The van der Waals surface area contributed by atoms with Crippen LogP contribution in [-0.4, -0.2) is 68.4 Å². The van der Waals surface area contributed by atoms with E-state index in [4.69, 9.17) is 69.6 Å². The zero-order valence-electron chi connectivity index (χ0n) is 35.6. The van der Waals surface area contributed by atoms with Gasteiger partial charge in [0.1, 0.15) is 0 Å². The number of carbonyl (C=O) groups is 6. The van der Waals surface area contributed by atoms with Crippen molar-refractivity contribution in [3.05, 3.63) is 176 Å². The molecule has 4 N–H and O–H groups in total. The fourth-order valence-electron chi connectivity index (χ4n) is 6.61. The maximum atomic E-state index is 14.7. The number of halogens is 6. The maximum absolute atomic E-state index is 14.7. The maximum Gasteiger partial charge on any atom is 0.347 e. The third-order valence-corrected chi connectivity index (χ3v) is 15.7. The molecule has 2 aliphatic heterocycles. The second-order valence-electron chi connectivity index (χ2n) is 14.6. The highest BCUT2D eigenvalue weighted by atomic mass is 35.5. The molecule has 360 valence electrons. The van der Waals surface area contributed by atoms with Gasteiger partial charge >= 0.3 is 36.2 Å². The number of amidine groups is 2. The number of rotatable bonds is 10. The topological polar surface area (TPSA) is 188 Å². The lowest BCUT2D eigenvalue weighted by atomic mass is 10.3. The molecule has 2 saturated heterocycles. The Labute approximate surface area is 445 Å². The van der Waals surface area contributed by atoms with E-state index in [0.29, 0.717) is 41.5 Å². The molecule has 12 amide bonds. The third kappa shape index (κ3) is 12.5. The normalized spacial score (nSPS) is 16.7. The zero-order chi connectivity index (χ0) is 50.3. The van der Waals surface area contributed by atoms with Gasteiger partial charge in [-0.15, -0.1) is 0 Å². The second kappa shape index (κ2) is 23.0. The molecule has 2 atom stereocenters. The predicted octanol–water partition coefficient (Wildman–Crippen LogP) is 15.2. The van der Waals surface area contributed by atoms with Crippen molar-refractivity contribution in [2.45, 2.75) is 10.7 Å². The minimum Gasteiger partial charge on any atom is -0.307 e. The van der Waals surface area contributed by atoms with E-state index in [2.05, 4.69) is 31.3 Å². The van der Waals surface area contributed by atoms with Crippen LogP contribution in [0.1, 0.15) is 0 Å². The molecule has 0 spiro atoms. The summed E-state index contributed by atoms with van der Waals surface area (Å²) in [6.07, 6.45) is 0. The van der Waals surface area contributed by atoms with Crippen LogP contribution in [0.25, 0.3) is 0 Å². The van der Waals surface area contributed by atoms with Crippen LogP contribution in [0.15, 0.2) is 156 Å². The lowest BCUT2D eigenvalue weighted by Crippen LogP contribution is -2.42. The van der Waals surface area contributed by atoms with Gasteiger partial charge in [-0.1, -0.05) is 69.6 Å². The Hall–Kier alpha value is -6.13. The number of carbonyl (C=O) groups excluding carboxylic acids is 6. The Bertz CT molecular complexity index is 2870. The van der Waals surface area contributed by atoms with Crippen LogP contribution >= 0.6 is 101 Å². The number of nitrogens with zero attached hydrogens (tertiary/aromatic N) is 6. The van der Waals surface area contributed by atoms with E-state index in [1.807, 2.05) is 0 Å². The van der Waals surface area contributed by atoms with Crippen LogP contribution in [0.2, 0.25) is 30.1 Å². The van der Waals surface area contributed by atoms with Crippen LogP contribution in [0.5, 0.6) is 0 Å². The molecule has 8 rings (SSSR count). The van der Waals surface area contributed by atoms with Gasteiger partial charge < -0.3 is 21.3 Å². The van der Waals surface area contributed by atoms with Crippen LogP contribution in [0.4, 0.5) is 62.9 Å². The summed E-state index contributed by atoms with van der Waals surface area (Å²) in [5.41, 5.74) is 1.56. The molecule has 6 aromatic rings. The van der Waals surface area contributed by atoms with Gasteiger partial charge in [0.2, 0.25) is 0 Å². The Morgan fingerprint density at radius 3 is 0.930 bits per heavy atom. The first-order valence-corrected chi connectivity index (χ1v) is 26.2. The average molecular weight is 1130 g/mol. The SMILES string of the molecule is O=C(/N=C1/C(SSSC2/C(=N/C(=O)Nc3ccc(Cl)cc3)N(c3ccc(Cl)cc3)C(=O)N2C(=O)Nc2ccc(Cl)cc2)N(C(=O)Nc2ccc(Cl)cc2)C(=O)N1c1ccc(Cl)cc1)Nc1ccc(Cl)cc1.